The van der Waals surface area contributed by atoms with E-state index in [0.29, 0.717) is 17.9 Å². The van der Waals surface area contributed by atoms with Gasteiger partial charge in [0.05, 0.1) is 11.6 Å². The maximum atomic E-state index is 13.2. The zero-order chi connectivity index (χ0) is 19.9. The Bertz CT molecular complexity index is 965. The summed E-state index contributed by atoms with van der Waals surface area (Å²) in [5.41, 5.74) is 1.98. The van der Waals surface area contributed by atoms with E-state index in [2.05, 4.69) is 5.32 Å². The predicted octanol–water partition coefficient (Wildman–Crippen LogP) is 5.04. The first kappa shape index (κ1) is 19.6. The molecule has 0 aliphatic heterocycles. The van der Waals surface area contributed by atoms with Crippen LogP contribution in [-0.4, -0.2) is 11.8 Å². The van der Waals surface area contributed by atoms with E-state index >= 15 is 0 Å². The van der Waals surface area contributed by atoms with Crippen molar-refractivity contribution in [1.82, 2.24) is 0 Å². The van der Waals surface area contributed by atoms with Gasteiger partial charge in [0, 0.05) is 11.4 Å². The molecule has 0 bridgehead atoms. The van der Waals surface area contributed by atoms with Crippen LogP contribution in [0.5, 0.6) is 0 Å². The maximum absolute atomic E-state index is 13.2. The van der Waals surface area contributed by atoms with Crippen molar-refractivity contribution in [1.29, 1.82) is 0 Å². The first-order chi connectivity index (χ1) is 13.5. The molecule has 0 aliphatic carbocycles. The van der Waals surface area contributed by atoms with Gasteiger partial charge in [0.15, 0.2) is 0 Å². The lowest BCUT2D eigenvalue weighted by molar-refractivity contribution is -0.125. The Hall–Kier alpha value is -3.18. The molecule has 0 heterocycles. The van der Waals surface area contributed by atoms with Crippen molar-refractivity contribution in [3.8, 4) is 0 Å². The van der Waals surface area contributed by atoms with Crippen molar-refractivity contribution in [2.24, 2.45) is 0 Å². The second-order valence-electron chi connectivity index (χ2n) is 6.15. The van der Waals surface area contributed by atoms with E-state index in [0.717, 1.165) is 11.6 Å². The van der Waals surface area contributed by atoms with E-state index in [1.807, 2.05) is 60.7 Å². The maximum Gasteiger partial charge on any atom is 0.236 e. The average molecular weight is 397 g/mol. The van der Waals surface area contributed by atoms with E-state index < -0.39 is 11.7 Å². The molecule has 0 spiro atoms. The van der Waals surface area contributed by atoms with Crippen molar-refractivity contribution in [2.45, 2.75) is 13.0 Å². The molecule has 0 aliphatic rings. The molecule has 3 aromatic carbocycles. The van der Waals surface area contributed by atoms with E-state index in [1.54, 1.807) is 4.90 Å². The molecule has 3 rings (SSSR count). The highest BCUT2D eigenvalue weighted by Gasteiger charge is 2.19. The Morgan fingerprint density at radius 1 is 0.929 bits per heavy atom. The van der Waals surface area contributed by atoms with E-state index in [4.69, 9.17) is 11.6 Å². The summed E-state index contributed by atoms with van der Waals surface area (Å²) in [6.45, 7) is 0.347. The Labute approximate surface area is 167 Å². The first-order valence-electron chi connectivity index (χ1n) is 8.67. The molecule has 3 aromatic rings. The van der Waals surface area contributed by atoms with Crippen LogP contribution in [-0.2, 0) is 16.1 Å². The van der Waals surface area contributed by atoms with Gasteiger partial charge in [0.1, 0.15) is 12.2 Å². The minimum atomic E-state index is -0.575. The first-order valence-corrected chi connectivity index (χ1v) is 9.05. The second-order valence-corrected chi connectivity index (χ2v) is 6.56. The molecule has 0 saturated heterocycles. The number of para-hydroxylation sites is 1. The Morgan fingerprint density at radius 2 is 1.57 bits per heavy atom. The molecule has 0 atom stereocenters. The minimum absolute atomic E-state index is 0.0980. The number of nitrogens with one attached hydrogen (secondary N) is 1. The molecular formula is C22H18ClFN2O2. The molecule has 0 fully saturated rings. The van der Waals surface area contributed by atoms with Gasteiger partial charge in [-0.15, -0.1) is 0 Å². The van der Waals surface area contributed by atoms with Gasteiger partial charge in [-0.1, -0.05) is 60.1 Å². The number of carbonyl (C=O) groups is 2. The quantitative estimate of drug-likeness (QED) is 0.593. The molecular weight excluding hydrogens is 379 g/mol. The number of anilines is 2. The molecule has 2 amide bonds. The van der Waals surface area contributed by atoms with Crippen LogP contribution in [0.25, 0.3) is 0 Å². The van der Waals surface area contributed by atoms with Gasteiger partial charge in [-0.2, -0.15) is 0 Å². The summed E-state index contributed by atoms with van der Waals surface area (Å²) in [6, 6.07) is 22.6. The van der Waals surface area contributed by atoms with Gasteiger partial charge < -0.3 is 10.2 Å². The van der Waals surface area contributed by atoms with Gasteiger partial charge in [-0.3, -0.25) is 9.59 Å². The van der Waals surface area contributed by atoms with Crippen molar-refractivity contribution in [3.63, 3.8) is 0 Å². The Kier molecular flexibility index (Phi) is 6.40. The van der Waals surface area contributed by atoms with Gasteiger partial charge in [0.2, 0.25) is 11.8 Å². The van der Waals surface area contributed by atoms with Crippen LogP contribution in [0.2, 0.25) is 5.02 Å². The summed E-state index contributed by atoms with van der Waals surface area (Å²) in [6.07, 6.45) is -0.350. The number of benzene rings is 3. The molecule has 0 aromatic heterocycles. The van der Waals surface area contributed by atoms with Crippen molar-refractivity contribution < 1.29 is 14.0 Å². The van der Waals surface area contributed by atoms with Crippen LogP contribution in [0.1, 0.15) is 12.0 Å². The smallest absolute Gasteiger partial charge is 0.236 e. The summed E-state index contributed by atoms with van der Waals surface area (Å²) in [7, 11) is 0. The van der Waals surface area contributed by atoms with Crippen molar-refractivity contribution in [2.75, 3.05) is 10.2 Å². The molecule has 0 saturated carbocycles. The number of carbonyl (C=O) groups excluding carboxylic acids is 2. The topological polar surface area (TPSA) is 49.4 Å². The number of hydrogen-bond donors (Lipinski definition) is 1. The Morgan fingerprint density at radius 3 is 2.21 bits per heavy atom. The monoisotopic (exact) mass is 396 g/mol. The fraction of sp³-hybridized carbons (Fsp3) is 0.0909. The second kappa shape index (κ2) is 9.15. The lowest BCUT2D eigenvalue weighted by Gasteiger charge is -2.23. The van der Waals surface area contributed by atoms with E-state index in [-0.39, 0.29) is 17.4 Å². The van der Waals surface area contributed by atoms with Crippen LogP contribution in [0, 0.1) is 5.82 Å². The average Bonchev–Trinajstić information content (AvgIpc) is 2.70. The number of nitrogens with zero attached hydrogens (tertiary/aromatic N) is 1. The fourth-order valence-electron chi connectivity index (χ4n) is 2.71. The highest BCUT2D eigenvalue weighted by Crippen LogP contribution is 2.21. The zero-order valence-electron chi connectivity index (χ0n) is 14.9. The number of hydrogen-bond acceptors (Lipinski definition) is 2. The lowest BCUT2D eigenvalue weighted by atomic mass is 10.1. The third-order valence-electron chi connectivity index (χ3n) is 4.07. The molecule has 142 valence electrons. The zero-order valence-corrected chi connectivity index (χ0v) is 15.7. The van der Waals surface area contributed by atoms with E-state index in [1.165, 1.54) is 12.1 Å². The van der Waals surface area contributed by atoms with Crippen LogP contribution in [0.4, 0.5) is 15.8 Å². The van der Waals surface area contributed by atoms with Crippen LogP contribution < -0.4 is 10.2 Å². The predicted molar refractivity (Wildman–Crippen MR) is 109 cm³/mol. The van der Waals surface area contributed by atoms with Gasteiger partial charge in [0.25, 0.3) is 0 Å². The lowest BCUT2D eigenvalue weighted by Crippen LogP contribution is -2.33. The molecule has 28 heavy (non-hydrogen) atoms. The van der Waals surface area contributed by atoms with Gasteiger partial charge >= 0.3 is 0 Å². The van der Waals surface area contributed by atoms with E-state index in [9.17, 15) is 14.0 Å². The summed E-state index contributed by atoms with van der Waals surface area (Å²) in [5, 5.41) is 2.48. The summed E-state index contributed by atoms with van der Waals surface area (Å²) in [4.78, 5) is 26.7. The van der Waals surface area contributed by atoms with Crippen LogP contribution in [0.3, 0.4) is 0 Å². The largest absolute Gasteiger partial charge is 0.326 e. The van der Waals surface area contributed by atoms with Crippen LogP contribution in [0.15, 0.2) is 78.9 Å². The molecule has 0 radical (unpaired) electrons. The summed E-state index contributed by atoms with van der Waals surface area (Å²) in [5.74, 6) is -1.42. The van der Waals surface area contributed by atoms with Gasteiger partial charge in [-0.05, 0) is 35.9 Å². The van der Waals surface area contributed by atoms with Crippen molar-refractivity contribution in [3.05, 3.63) is 95.3 Å². The standard InChI is InChI=1S/C22H18ClFN2O2/c23-19-13-17(11-12-20(19)24)25-21(27)14-22(28)26(18-9-5-2-6-10-18)15-16-7-3-1-4-8-16/h1-13H,14-15H2,(H,25,27). The third-order valence-corrected chi connectivity index (χ3v) is 4.36. The number of rotatable bonds is 6. The molecule has 1 N–H and O–H groups in total. The highest BCUT2D eigenvalue weighted by molar-refractivity contribution is 6.31. The molecule has 4 nitrogen and oxygen atoms in total. The summed E-state index contributed by atoms with van der Waals surface area (Å²) < 4.78 is 13.2. The normalized spacial score (nSPS) is 10.4. The highest BCUT2D eigenvalue weighted by atomic mass is 35.5. The van der Waals surface area contributed by atoms with Crippen LogP contribution >= 0.6 is 11.6 Å². The number of halogens is 2. The minimum Gasteiger partial charge on any atom is -0.326 e. The Balaban J connectivity index is 1.73. The van der Waals surface area contributed by atoms with Gasteiger partial charge in [-0.25, -0.2) is 4.39 Å². The third kappa shape index (κ3) is 5.18. The SMILES string of the molecule is O=C(CC(=O)N(Cc1ccccc1)c1ccccc1)Nc1ccc(F)c(Cl)c1. The molecule has 0 unspecified atom stereocenters. The molecule has 6 heteroatoms. The fourth-order valence-corrected chi connectivity index (χ4v) is 2.89. The number of amides is 2. The summed E-state index contributed by atoms with van der Waals surface area (Å²) >= 11 is 5.72. The van der Waals surface area contributed by atoms with Crippen molar-refractivity contribution >= 4 is 34.8 Å².